The van der Waals surface area contributed by atoms with E-state index >= 15 is 0 Å². The van der Waals surface area contributed by atoms with Crippen LogP contribution in [-0.4, -0.2) is 40.7 Å². The maximum absolute atomic E-state index is 12.6. The molecule has 3 aromatic rings. The molecule has 0 radical (unpaired) electrons. The number of nitrogens with zero attached hydrogens (tertiary/aromatic N) is 3. The van der Waals surface area contributed by atoms with Crippen LogP contribution >= 0.6 is 0 Å². The Kier molecular flexibility index (Phi) is 5.54. The second-order valence-corrected chi connectivity index (χ2v) is 6.61. The van der Waals surface area contributed by atoms with Crippen molar-refractivity contribution in [1.29, 1.82) is 0 Å². The Hall–Kier alpha value is -3.48. The number of amides is 1. The SMILES string of the molecule is CN(C)C(=O)[C@@H](OC(=O)Cc1nn(C)c(=O)c2ccccc12)c1ccccc1. The van der Waals surface area contributed by atoms with E-state index in [-0.39, 0.29) is 17.9 Å². The van der Waals surface area contributed by atoms with Gasteiger partial charge in [0.1, 0.15) is 0 Å². The van der Waals surface area contributed by atoms with Crippen molar-refractivity contribution in [1.82, 2.24) is 14.7 Å². The average molecular weight is 379 g/mol. The minimum Gasteiger partial charge on any atom is -0.447 e. The zero-order chi connectivity index (χ0) is 20.3. The highest BCUT2D eigenvalue weighted by Gasteiger charge is 2.27. The standard InChI is InChI=1S/C21H21N3O4/c1-23(2)21(27)19(14-9-5-4-6-10-14)28-18(25)13-17-15-11-7-8-12-16(15)20(26)24(3)22-17/h4-12,19H,13H2,1-3H3/t19-/m0/s1. The van der Waals surface area contributed by atoms with Crippen LogP contribution in [0, 0.1) is 0 Å². The molecule has 0 spiro atoms. The van der Waals surface area contributed by atoms with Gasteiger partial charge in [-0.1, -0.05) is 48.5 Å². The fourth-order valence-corrected chi connectivity index (χ4v) is 2.94. The molecule has 1 heterocycles. The summed E-state index contributed by atoms with van der Waals surface area (Å²) in [6.45, 7) is 0. The van der Waals surface area contributed by atoms with Crippen molar-refractivity contribution in [3.63, 3.8) is 0 Å². The van der Waals surface area contributed by atoms with Gasteiger partial charge >= 0.3 is 5.97 Å². The summed E-state index contributed by atoms with van der Waals surface area (Å²) in [6, 6.07) is 15.8. The Morgan fingerprint density at radius 3 is 2.29 bits per heavy atom. The number of aryl methyl sites for hydroxylation is 1. The van der Waals surface area contributed by atoms with E-state index in [1.807, 2.05) is 6.07 Å². The van der Waals surface area contributed by atoms with Crippen molar-refractivity contribution in [2.75, 3.05) is 14.1 Å². The molecule has 0 aliphatic rings. The van der Waals surface area contributed by atoms with E-state index in [2.05, 4.69) is 5.10 Å². The normalized spacial score (nSPS) is 11.8. The van der Waals surface area contributed by atoms with Crippen molar-refractivity contribution >= 4 is 22.6 Å². The van der Waals surface area contributed by atoms with Gasteiger partial charge in [-0.25, -0.2) is 4.68 Å². The first kappa shape index (κ1) is 19.3. The van der Waals surface area contributed by atoms with Gasteiger partial charge in [0.15, 0.2) is 0 Å². The molecule has 1 atom stereocenters. The van der Waals surface area contributed by atoms with Gasteiger partial charge in [-0.2, -0.15) is 5.10 Å². The molecule has 0 aliphatic heterocycles. The highest BCUT2D eigenvalue weighted by atomic mass is 16.5. The van der Waals surface area contributed by atoms with Crippen molar-refractivity contribution in [2.45, 2.75) is 12.5 Å². The molecule has 2 aromatic carbocycles. The molecule has 3 rings (SSSR count). The minimum absolute atomic E-state index is 0.154. The zero-order valence-corrected chi connectivity index (χ0v) is 16.0. The molecule has 0 saturated heterocycles. The van der Waals surface area contributed by atoms with E-state index < -0.39 is 12.1 Å². The maximum atomic E-state index is 12.6. The highest BCUT2D eigenvalue weighted by molar-refractivity contribution is 5.88. The van der Waals surface area contributed by atoms with Gasteiger partial charge in [0.25, 0.3) is 11.5 Å². The first-order valence-corrected chi connectivity index (χ1v) is 8.79. The summed E-state index contributed by atoms with van der Waals surface area (Å²) in [5, 5.41) is 5.28. The van der Waals surface area contributed by atoms with Gasteiger partial charge in [-0.05, 0) is 6.07 Å². The lowest BCUT2D eigenvalue weighted by atomic mass is 10.1. The summed E-state index contributed by atoms with van der Waals surface area (Å²) >= 11 is 0. The van der Waals surface area contributed by atoms with E-state index in [0.29, 0.717) is 22.0 Å². The monoisotopic (exact) mass is 379 g/mol. The van der Waals surface area contributed by atoms with Gasteiger partial charge in [0, 0.05) is 32.1 Å². The Balaban J connectivity index is 1.90. The summed E-state index contributed by atoms with van der Waals surface area (Å²) in [5.74, 6) is -0.932. The first-order chi connectivity index (χ1) is 13.4. The number of benzene rings is 2. The number of carbonyl (C=O) groups is 2. The molecule has 7 nitrogen and oxygen atoms in total. The number of rotatable bonds is 5. The topological polar surface area (TPSA) is 81.5 Å². The molecule has 0 N–H and O–H groups in total. The Bertz CT molecular complexity index is 1070. The van der Waals surface area contributed by atoms with Crippen molar-refractivity contribution < 1.29 is 14.3 Å². The average Bonchev–Trinajstić information content (AvgIpc) is 2.70. The quantitative estimate of drug-likeness (QED) is 0.632. The van der Waals surface area contributed by atoms with E-state index in [1.54, 1.807) is 62.6 Å². The molecule has 0 unspecified atom stereocenters. The molecule has 144 valence electrons. The largest absolute Gasteiger partial charge is 0.447 e. The molecule has 1 amide bonds. The Morgan fingerprint density at radius 2 is 1.64 bits per heavy atom. The number of hydrogen-bond acceptors (Lipinski definition) is 5. The van der Waals surface area contributed by atoms with Crippen LogP contribution in [0.15, 0.2) is 59.4 Å². The van der Waals surface area contributed by atoms with Gasteiger partial charge in [0.2, 0.25) is 6.10 Å². The molecule has 0 aliphatic carbocycles. The molecule has 0 saturated carbocycles. The number of aromatic nitrogens is 2. The molecule has 0 fully saturated rings. The summed E-state index contributed by atoms with van der Waals surface area (Å²) in [6.07, 6.45) is -1.19. The third-order valence-electron chi connectivity index (χ3n) is 4.36. The lowest BCUT2D eigenvalue weighted by Gasteiger charge is -2.21. The minimum atomic E-state index is -1.04. The lowest BCUT2D eigenvalue weighted by Crippen LogP contribution is -2.32. The maximum Gasteiger partial charge on any atom is 0.313 e. The van der Waals surface area contributed by atoms with Gasteiger partial charge in [-0.15, -0.1) is 0 Å². The van der Waals surface area contributed by atoms with Crippen LogP contribution in [0.5, 0.6) is 0 Å². The fourth-order valence-electron chi connectivity index (χ4n) is 2.94. The second kappa shape index (κ2) is 8.04. The number of carbonyl (C=O) groups excluding carboxylic acids is 2. The number of ether oxygens (including phenoxy) is 1. The molecule has 0 bridgehead atoms. The molecule has 7 heteroatoms. The van der Waals surface area contributed by atoms with E-state index in [1.165, 1.54) is 16.6 Å². The predicted octanol–water partition coefficient (Wildman–Crippen LogP) is 1.85. The molecule has 28 heavy (non-hydrogen) atoms. The third kappa shape index (κ3) is 3.93. The van der Waals surface area contributed by atoms with E-state index in [9.17, 15) is 14.4 Å². The Morgan fingerprint density at radius 1 is 1.04 bits per heavy atom. The predicted molar refractivity (Wildman–Crippen MR) is 105 cm³/mol. The van der Waals surface area contributed by atoms with Crippen LogP contribution in [0.1, 0.15) is 17.4 Å². The van der Waals surface area contributed by atoms with Crippen LogP contribution in [0.2, 0.25) is 0 Å². The lowest BCUT2D eigenvalue weighted by molar-refractivity contribution is -0.159. The highest BCUT2D eigenvalue weighted by Crippen LogP contribution is 2.21. The molecular weight excluding hydrogens is 358 g/mol. The van der Waals surface area contributed by atoms with Crippen LogP contribution in [0.4, 0.5) is 0 Å². The summed E-state index contributed by atoms with van der Waals surface area (Å²) in [5.41, 5.74) is 0.775. The molecular formula is C21H21N3O4. The van der Waals surface area contributed by atoms with E-state index in [4.69, 9.17) is 4.74 Å². The first-order valence-electron chi connectivity index (χ1n) is 8.79. The molecule has 1 aromatic heterocycles. The number of likely N-dealkylation sites (N-methyl/N-ethyl adjacent to an activating group) is 1. The van der Waals surface area contributed by atoms with Crippen LogP contribution < -0.4 is 5.56 Å². The van der Waals surface area contributed by atoms with Crippen LogP contribution in [0.3, 0.4) is 0 Å². The summed E-state index contributed by atoms with van der Waals surface area (Å²) in [7, 11) is 4.74. The van der Waals surface area contributed by atoms with Crippen molar-refractivity contribution in [3.05, 3.63) is 76.2 Å². The smallest absolute Gasteiger partial charge is 0.313 e. The number of hydrogen-bond donors (Lipinski definition) is 0. The van der Waals surface area contributed by atoms with Crippen molar-refractivity contribution in [3.8, 4) is 0 Å². The third-order valence-corrected chi connectivity index (χ3v) is 4.36. The van der Waals surface area contributed by atoms with Gasteiger partial charge < -0.3 is 9.64 Å². The summed E-state index contributed by atoms with van der Waals surface area (Å²) < 4.78 is 6.72. The van der Waals surface area contributed by atoms with Crippen molar-refractivity contribution in [2.24, 2.45) is 7.05 Å². The van der Waals surface area contributed by atoms with Gasteiger partial charge in [-0.3, -0.25) is 14.4 Å². The van der Waals surface area contributed by atoms with Crippen LogP contribution in [-0.2, 0) is 27.8 Å². The number of esters is 1. The Labute approximate surface area is 162 Å². The summed E-state index contributed by atoms with van der Waals surface area (Å²) in [4.78, 5) is 38.8. The second-order valence-electron chi connectivity index (χ2n) is 6.61. The number of fused-ring (bicyclic) bond motifs is 1. The van der Waals surface area contributed by atoms with Crippen LogP contribution in [0.25, 0.3) is 10.8 Å². The zero-order valence-electron chi connectivity index (χ0n) is 16.0. The van der Waals surface area contributed by atoms with Gasteiger partial charge in [0.05, 0.1) is 17.5 Å². The van der Waals surface area contributed by atoms with E-state index in [0.717, 1.165) is 0 Å². The fraction of sp³-hybridized carbons (Fsp3) is 0.238.